The minimum absolute atomic E-state index is 0.188. The molecule has 1 atom stereocenters. The van der Waals surface area contributed by atoms with Crippen molar-refractivity contribution in [3.05, 3.63) is 47.3 Å². The number of hydrogen-bond donors (Lipinski definition) is 1. The molecule has 96 valence electrons. The molecule has 4 heteroatoms. The quantitative estimate of drug-likeness (QED) is 0.898. The van der Waals surface area contributed by atoms with E-state index >= 15 is 0 Å². The first-order valence-electron chi connectivity index (χ1n) is 6.33. The van der Waals surface area contributed by atoms with Crippen LogP contribution >= 0.6 is 0 Å². The van der Waals surface area contributed by atoms with Crippen LogP contribution in [0.5, 0.6) is 0 Å². The fourth-order valence-corrected chi connectivity index (χ4v) is 2.23. The van der Waals surface area contributed by atoms with Crippen LogP contribution < -0.4 is 5.73 Å². The molecule has 0 radical (unpaired) electrons. The van der Waals surface area contributed by atoms with Gasteiger partial charge in [-0.1, -0.05) is 6.92 Å². The molecule has 0 fully saturated rings. The Morgan fingerprint density at radius 2 is 1.94 bits per heavy atom. The first-order valence-corrected chi connectivity index (χ1v) is 6.33. The summed E-state index contributed by atoms with van der Waals surface area (Å²) in [7, 11) is 0. The summed E-state index contributed by atoms with van der Waals surface area (Å²) in [5, 5.41) is 0. The van der Waals surface area contributed by atoms with Gasteiger partial charge in [0.1, 0.15) is 5.82 Å². The van der Waals surface area contributed by atoms with Crippen LogP contribution in [-0.2, 0) is 6.54 Å². The largest absolute Gasteiger partial charge is 0.333 e. The molecule has 18 heavy (non-hydrogen) atoms. The van der Waals surface area contributed by atoms with Crippen molar-refractivity contribution in [2.24, 2.45) is 5.73 Å². The predicted octanol–water partition coefficient (Wildman–Crippen LogP) is 2.35. The van der Waals surface area contributed by atoms with Gasteiger partial charge in [0.2, 0.25) is 0 Å². The van der Waals surface area contributed by atoms with Gasteiger partial charge < -0.3 is 10.3 Å². The summed E-state index contributed by atoms with van der Waals surface area (Å²) in [6.07, 6.45) is 4.87. The van der Waals surface area contributed by atoms with E-state index in [0.717, 1.165) is 35.7 Å². The molecule has 0 amide bonds. The smallest absolute Gasteiger partial charge is 0.130 e. The van der Waals surface area contributed by atoms with Gasteiger partial charge in [-0.15, -0.1) is 0 Å². The van der Waals surface area contributed by atoms with Crippen LogP contribution in [-0.4, -0.2) is 14.5 Å². The van der Waals surface area contributed by atoms with E-state index in [9.17, 15) is 0 Å². The molecule has 1 unspecified atom stereocenters. The number of aryl methyl sites for hydroxylation is 3. The van der Waals surface area contributed by atoms with Crippen LogP contribution in [0.1, 0.15) is 42.2 Å². The maximum absolute atomic E-state index is 6.32. The van der Waals surface area contributed by atoms with Crippen LogP contribution in [0, 0.1) is 13.8 Å². The maximum atomic E-state index is 6.32. The van der Waals surface area contributed by atoms with Gasteiger partial charge in [-0.3, -0.25) is 4.98 Å². The van der Waals surface area contributed by atoms with Crippen molar-refractivity contribution in [2.45, 2.75) is 39.8 Å². The number of imidazole rings is 1. The summed E-state index contributed by atoms with van der Waals surface area (Å²) < 4.78 is 2.12. The second-order valence-corrected chi connectivity index (χ2v) is 4.64. The molecule has 2 aromatic heterocycles. The Kier molecular flexibility index (Phi) is 3.77. The van der Waals surface area contributed by atoms with Crippen molar-refractivity contribution in [1.82, 2.24) is 14.5 Å². The van der Waals surface area contributed by atoms with E-state index in [1.165, 1.54) is 0 Å². The van der Waals surface area contributed by atoms with E-state index in [2.05, 4.69) is 21.5 Å². The zero-order valence-electron chi connectivity index (χ0n) is 11.2. The summed E-state index contributed by atoms with van der Waals surface area (Å²) in [6.45, 7) is 7.07. The Morgan fingerprint density at radius 3 is 2.56 bits per heavy atom. The van der Waals surface area contributed by atoms with Gasteiger partial charge in [0, 0.05) is 30.3 Å². The Balaban J connectivity index is 2.34. The van der Waals surface area contributed by atoms with E-state index < -0.39 is 0 Å². The van der Waals surface area contributed by atoms with Crippen molar-refractivity contribution in [1.29, 1.82) is 0 Å². The lowest BCUT2D eigenvalue weighted by Gasteiger charge is -2.15. The lowest BCUT2D eigenvalue weighted by molar-refractivity contribution is 0.612. The molecular formula is C14H20N4. The maximum Gasteiger partial charge on any atom is 0.130 e. The van der Waals surface area contributed by atoms with Crippen molar-refractivity contribution in [3.8, 4) is 0 Å². The molecule has 0 saturated heterocycles. The Labute approximate surface area is 108 Å². The number of hydrogen-bond acceptors (Lipinski definition) is 3. The van der Waals surface area contributed by atoms with Gasteiger partial charge in [0.05, 0.1) is 6.04 Å². The van der Waals surface area contributed by atoms with E-state index in [4.69, 9.17) is 5.73 Å². The third kappa shape index (κ3) is 2.59. The van der Waals surface area contributed by atoms with Gasteiger partial charge in [-0.05, 0) is 38.0 Å². The van der Waals surface area contributed by atoms with Gasteiger partial charge in [-0.25, -0.2) is 4.98 Å². The van der Waals surface area contributed by atoms with Gasteiger partial charge in [0.15, 0.2) is 0 Å². The Hall–Kier alpha value is -1.68. The van der Waals surface area contributed by atoms with E-state index in [0.29, 0.717) is 0 Å². The van der Waals surface area contributed by atoms with Gasteiger partial charge in [0.25, 0.3) is 0 Å². The van der Waals surface area contributed by atoms with Crippen LogP contribution in [0.25, 0.3) is 0 Å². The highest BCUT2D eigenvalue weighted by molar-refractivity contribution is 5.28. The molecule has 2 aromatic rings. The van der Waals surface area contributed by atoms with Crippen molar-refractivity contribution in [3.63, 3.8) is 0 Å². The van der Waals surface area contributed by atoms with E-state index in [1.807, 2.05) is 38.4 Å². The molecule has 2 N–H and O–H groups in total. The zero-order valence-corrected chi connectivity index (χ0v) is 11.2. The summed E-state index contributed by atoms with van der Waals surface area (Å²) in [5.74, 6) is 0.918. The Bertz CT molecular complexity index is 510. The van der Waals surface area contributed by atoms with Crippen LogP contribution in [0.2, 0.25) is 0 Å². The molecule has 0 aliphatic rings. The number of rotatable bonds is 4. The number of aromatic nitrogens is 3. The summed E-state index contributed by atoms with van der Waals surface area (Å²) >= 11 is 0. The highest BCUT2D eigenvalue weighted by Gasteiger charge is 2.15. The fraction of sp³-hybridized carbons (Fsp3) is 0.429. The van der Waals surface area contributed by atoms with Crippen LogP contribution in [0.15, 0.2) is 24.5 Å². The minimum Gasteiger partial charge on any atom is -0.333 e. The predicted molar refractivity (Wildman–Crippen MR) is 72.3 cm³/mol. The molecule has 0 bridgehead atoms. The van der Waals surface area contributed by atoms with Gasteiger partial charge in [-0.2, -0.15) is 0 Å². The lowest BCUT2D eigenvalue weighted by Crippen LogP contribution is -2.18. The summed E-state index contributed by atoms with van der Waals surface area (Å²) in [4.78, 5) is 8.76. The molecule has 4 nitrogen and oxygen atoms in total. The van der Waals surface area contributed by atoms with Crippen molar-refractivity contribution in [2.75, 3.05) is 0 Å². The zero-order chi connectivity index (χ0) is 13.1. The molecule has 0 aromatic carbocycles. The molecule has 0 aliphatic carbocycles. The lowest BCUT2D eigenvalue weighted by atomic mass is 10.1. The third-order valence-electron chi connectivity index (χ3n) is 2.95. The average Bonchev–Trinajstić information content (AvgIpc) is 2.75. The summed E-state index contributed by atoms with van der Waals surface area (Å²) in [6, 6.07) is 3.87. The SMILES string of the molecule is CCCn1ccnc1C(N)c1cc(C)nc(C)c1. The summed E-state index contributed by atoms with van der Waals surface area (Å²) in [5.41, 5.74) is 9.38. The number of pyridine rings is 1. The average molecular weight is 244 g/mol. The monoisotopic (exact) mass is 244 g/mol. The number of nitrogens with two attached hydrogens (primary N) is 1. The molecule has 0 saturated carbocycles. The molecule has 0 aliphatic heterocycles. The fourth-order valence-electron chi connectivity index (χ4n) is 2.23. The first kappa shape index (κ1) is 12.8. The third-order valence-corrected chi connectivity index (χ3v) is 2.95. The van der Waals surface area contributed by atoms with E-state index in [-0.39, 0.29) is 6.04 Å². The first-order chi connectivity index (χ1) is 8.61. The van der Waals surface area contributed by atoms with Crippen molar-refractivity contribution < 1.29 is 0 Å². The second kappa shape index (κ2) is 5.31. The van der Waals surface area contributed by atoms with Gasteiger partial charge >= 0.3 is 0 Å². The highest BCUT2D eigenvalue weighted by atomic mass is 15.1. The number of nitrogens with zero attached hydrogens (tertiary/aromatic N) is 3. The molecular weight excluding hydrogens is 224 g/mol. The minimum atomic E-state index is -0.188. The highest BCUT2D eigenvalue weighted by Crippen LogP contribution is 2.19. The van der Waals surface area contributed by atoms with Crippen molar-refractivity contribution >= 4 is 0 Å². The normalized spacial score (nSPS) is 12.7. The van der Waals surface area contributed by atoms with Crippen LogP contribution in [0.4, 0.5) is 0 Å². The second-order valence-electron chi connectivity index (χ2n) is 4.64. The molecule has 2 heterocycles. The molecule has 0 spiro atoms. The Morgan fingerprint density at radius 1 is 1.28 bits per heavy atom. The molecule has 2 rings (SSSR count). The van der Waals surface area contributed by atoms with Crippen LogP contribution in [0.3, 0.4) is 0 Å². The van der Waals surface area contributed by atoms with E-state index in [1.54, 1.807) is 0 Å². The topological polar surface area (TPSA) is 56.7 Å². The standard InChI is InChI=1S/C14H20N4/c1-4-6-18-7-5-16-14(18)13(15)12-8-10(2)17-11(3)9-12/h5,7-9,13H,4,6,15H2,1-3H3.